The minimum Gasteiger partial charge on any atom is -0.399 e. The number of piperidine rings is 1. The quantitative estimate of drug-likeness (QED) is 0.716. The Hall–Kier alpha value is -0.110. The van der Waals surface area contributed by atoms with Gasteiger partial charge < -0.3 is 5.73 Å². The summed E-state index contributed by atoms with van der Waals surface area (Å²) in [5.74, 6) is 0.528. The Morgan fingerprint density at radius 1 is 1.10 bits per heavy atom. The summed E-state index contributed by atoms with van der Waals surface area (Å²) < 4.78 is 29.0. The average molecular weight is 438 g/mol. The summed E-state index contributed by atoms with van der Waals surface area (Å²) in [4.78, 5) is 0.296. The highest BCUT2D eigenvalue weighted by atomic mass is 79.9. The highest BCUT2D eigenvalue weighted by Crippen LogP contribution is 2.42. The number of hydrogen-bond acceptors (Lipinski definition) is 3. The molecule has 2 unspecified atom stereocenters. The number of sulfonamides is 1. The number of fused-ring (bicyclic) bond motifs is 1. The van der Waals surface area contributed by atoms with Crippen molar-refractivity contribution in [1.82, 2.24) is 4.31 Å². The molecule has 2 aliphatic rings. The van der Waals surface area contributed by atoms with E-state index in [9.17, 15) is 8.42 Å². The van der Waals surface area contributed by atoms with E-state index in [1.807, 2.05) is 0 Å². The molecular formula is C14H18Br2N2O2S. The molecule has 21 heavy (non-hydrogen) atoms. The van der Waals surface area contributed by atoms with Crippen molar-refractivity contribution in [2.75, 3.05) is 12.3 Å². The lowest BCUT2D eigenvalue weighted by atomic mass is 9.94. The third kappa shape index (κ3) is 2.78. The van der Waals surface area contributed by atoms with Gasteiger partial charge in [-0.3, -0.25) is 0 Å². The van der Waals surface area contributed by atoms with Crippen molar-refractivity contribution in [1.29, 1.82) is 0 Å². The average Bonchev–Trinajstić information content (AvgIpc) is 2.84. The van der Waals surface area contributed by atoms with Crippen molar-refractivity contribution in [3.63, 3.8) is 0 Å². The van der Waals surface area contributed by atoms with Crippen molar-refractivity contribution in [2.24, 2.45) is 5.92 Å². The first kappa shape index (κ1) is 15.8. The molecular weight excluding hydrogens is 420 g/mol. The van der Waals surface area contributed by atoms with Gasteiger partial charge in [0.1, 0.15) is 4.90 Å². The monoisotopic (exact) mass is 436 g/mol. The van der Waals surface area contributed by atoms with Gasteiger partial charge in [0.25, 0.3) is 0 Å². The molecule has 2 N–H and O–H groups in total. The number of hydrogen-bond donors (Lipinski definition) is 1. The van der Waals surface area contributed by atoms with E-state index in [0.717, 1.165) is 32.1 Å². The molecule has 2 atom stereocenters. The molecule has 116 valence electrons. The Balaban J connectivity index is 2.04. The molecule has 1 aromatic carbocycles. The number of nitrogens with zero attached hydrogens (tertiary/aromatic N) is 1. The summed E-state index contributed by atoms with van der Waals surface area (Å²) in [6, 6.07) is 3.46. The van der Waals surface area contributed by atoms with Crippen LogP contribution in [0.4, 0.5) is 5.69 Å². The van der Waals surface area contributed by atoms with Crippen LogP contribution < -0.4 is 5.73 Å². The maximum atomic E-state index is 13.1. The van der Waals surface area contributed by atoms with Crippen LogP contribution in [0, 0.1) is 5.92 Å². The molecule has 7 heteroatoms. The minimum atomic E-state index is -3.51. The minimum absolute atomic E-state index is 0.167. The fourth-order valence-electron chi connectivity index (χ4n) is 3.65. The van der Waals surface area contributed by atoms with Gasteiger partial charge in [-0.2, -0.15) is 4.31 Å². The predicted octanol–water partition coefficient (Wildman–Crippen LogP) is 3.75. The second-order valence-corrected chi connectivity index (χ2v) is 9.37. The molecule has 1 heterocycles. The zero-order valence-electron chi connectivity index (χ0n) is 11.6. The Morgan fingerprint density at radius 2 is 1.71 bits per heavy atom. The van der Waals surface area contributed by atoms with Gasteiger partial charge in [0.15, 0.2) is 0 Å². The van der Waals surface area contributed by atoms with E-state index in [4.69, 9.17) is 5.73 Å². The van der Waals surface area contributed by atoms with Crippen LogP contribution in [0.2, 0.25) is 0 Å². The lowest BCUT2D eigenvalue weighted by molar-refractivity contribution is 0.202. The van der Waals surface area contributed by atoms with Gasteiger partial charge in [-0.05, 0) is 75.6 Å². The van der Waals surface area contributed by atoms with Gasteiger partial charge >= 0.3 is 0 Å². The van der Waals surface area contributed by atoms with Crippen LogP contribution in [0.1, 0.15) is 32.1 Å². The Labute approximate surface area is 142 Å². The van der Waals surface area contributed by atoms with Crippen LogP contribution in [0.25, 0.3) is 0 Å². The van der Waals surface area contributed by atoms with E-state index in [-0.39, 0.29) is 6.04 Å². The van der Waals surface area contributed by atoms with Gasteiger partial charge in [0.05, 0.1) is 0 Å². The number of nitrogens with two attached hydrogens (primary N) is 1. The van der Waals surface area contributed by atoms with Crippen LogP contribution >= 0.6 is 31.9 Å². The van der Waals surface area contributed by atoms with Crippen LogP contribution in [0.5, 0.6) is 0 Å². The Bertz CT molecular complexity index is 640. The third-order valence-electron chi connectivity index (χ3n) is 4.53. The summed E-state index contributed by atoms with van der Waals surface area (Å²) in [5, 5.41) is 0. The molecule has 1 saturated carbocycles. The van der Waals surface area contributed by atoms with Crippen LogP contribution in [0.15, 0.2) is 26.0 Å². The zero-order chi connectivity index (χ0) is 15.2. The number of halogens is 2. The second kappa shape index (κ2) is 5.83. The van der Waals surface area contributed by atoms with E-state index >= 15 is 0 Å². The van der Waals surface area contributed by atoms with Gasteiger partial charge in [-0.1, -0.05) is 6.42 Å². The Kier molecular flexibility index (Phi) is 4.38. The van der Waals surface area contributed by atoms with Crippen molar-refractivity contribution in [3.8, 4) is 0 Å². The van der Waals surface area contributed by atoms with E-state index in [0.29, 0.717) is 32.0 Å². The lowest BCUT2D eigenvalue weighted by Crippen LogP contribution is -2.46. The molecule has 1 aliphatic heterocycles. The molecule has 0 radical (unpaired) electrons. The zero-order valence-corrected chi connectivity index (χ0v) is 15.5. The summed E-state index contributed by atoms with van der Waals surface area (Å²) in [7, 11) is -3.51. The first-order chi connectivity index (χ1) is 9.91. The lowest BCUT2D eigenvalue weighted by Gasteiger charge is -2.37. The summed E-state index contributed by atoms with van der Waals surface area (Å²) >= 11 is 6.71. The molecule has 1 aliphatic carbocycles. The van der Waals surface area contributed by atoms with E-state index in [1.165, 1.54) is 0 Å². The normalized spacial score (nSPS) is 26.8. The van der Waals surface area contributed by atoms with Gasteiger partial charge in [0, 0.05) is 27.2 Å². The van der Waals surface area contributed by atoms with Gasteiger partial charge in [-0.15, -0.1) is 0 Å². The fraction of sp³-hybridized carbons (Fsp3) is 0.571. The molecule has 1 aromatic rings. The highest BCUT2D eigenvalue weighted by Gasteiger charge is 2.42. The van der Waals surface area contributed by atoms with Gasteiger partial charge in [0.2, 0.25) is 10.0 Å². The standard InChI is InChI=1S/C14H18Br2N2O2S/c15-11-7-10(17)8-12(16)14(11)21(19,20)18-6-2-4-9-3-1-5-13(9)18/h7-9,13H,1-6,17H2. The van der Waals surface area contributed by atoms with Crippen molar-refractivity contribution < 1.29 is 8.42 Å². The topological polar surface area (TPSA) is 63.4 Å². The first-order valence-corrected chi connectivity index (χ1v) is 10.2. The predicted molar refractivity (Wildman–Crippen MR) is 90.5 cm³/mol. The molecule has 4 nitrogen and oxygen atoms in total. The number of rotatable bonds is 2. The SMILES string of the molecule is Nc1cc(Br)c(S(=O)(=O)N2CCCC3CCCC32)c(Br)c1. The van der Waals surface area contributed by atoms with Gasteiger partial charge in [-0.25, -0.2) is 8.42 Å². The number of benzene rings is 1. The number of nitrogen functional groups attached to an aromatic ring is 1. The fourth-order valence-corrected chi connectivity index (χ4v) is 7.95. The summed E-state index contributed by atoms with van der Waals surface area (Å²) in [6.45, 7) is 0.618. The highest BCUT2D eigenvalue weighted by molar-refractivity contribution is 9.11. The Morgan fingerprint density at radius 3 is 2.38 bits per heavy atom. The molecule has 1 saturated heterocycles. The summed E-state index contributed by atoms with van der Waals surface area (Å²) in [5.41, 5.74) is 6.30. The van der Waals surface area contributed by atoms with Crippen LogP contribution in [-0.2, 0) is 10.0 Å². The van der Waals surface area contributed by atoms with Crippen LogP contribution in [0.3, 0.4) is 0 Å². The van der Waals surface area contributed by atoms with E-state index < -0.39 is 10.0 Å². The van der Waals surface area contributed by atoms with E-state index in [1.54, 1.807) is 16.4 Å². The van der Waals surface area contributed by atoms with Crippen LogP contribution in [-0.4, -0.2) is 25.3 Å². The number of anilines is 1. The maximum absolute atomic E-state index is 13.1. The third-order valence-corrected chi connectivity index (χ3v) is 8.33. The summed E-state index contributed by atoms with van der Waals surface area (Å²) in [6.07, 6.45) is 5.37. The molecule has 0 amide bonds. The molecule has 3 rings (SSSR count). The van der Waals surface area contributed by atoms with Crippen molar-refractivity contribution >= 4 is 47.6 Å². The first-order valence-electron chi connectivity index (χ1n) is 7.17. The molecule has 0 bridgehead atoms. The van der Waals surface area contributed by atoms with Crippen molar-refractivity contribution in [3.05, 3.63) is 21.1 Å². The molecule has 0 spiro atoms. The second-order valence-electron chi connectivity index (χ2n) is 5.83. The molecule has 2 fully saturated rings. The maximum Gasteiger partial charge on any atom is 0.245 e. The molecule has 0 aromatic heterocycles. The van der Waals surface area contributed by atoms with E-state index in [2.05, 4.69) is 31.9 Å². The largest absolute Gasteiger partial charge is 0.399 e. The smallest absolute Gasteiger partial charge is 0.245 e. The van der Waals surface area contributed by atoms with Crippen molar-refractivity contribution in [2.45, 2.75) is 43.0 Å².